The van der Waals surface area contributed by atoms with Crippen LogP contribution in [0.5, 0.6) is 0 Å². The number of aromatic nitrogens is 4. The predicted octanol–water partition coefficient (Wildman–Crippen LogP) is 3.59. The van der Waals surface area contributed by atoms with E-state index >= 15 is 0 Å². The smallest absolute Gasteiger partial charge is 0.236 e. The van der Waals surface area contributed by atoms with Crippen LogP contribution >= 0.6 is 23.1 Å². The van der Waals surface area contributed by atoms with Gasteiger partial charge in [0.25, 0.3) is 0 Å². The van der Waals surface area contributed by atoms with Crippen molar-refractivity contribution in [2.45, 2.75) is 45.8 Å². The van der Waals surface area contributed by atoms with Crippen LogP contribution in [-0.4, -0.2) is 37.3 Å². The number of carbonyl (C=O) groups is 2. The fourth-order valence-corrected chi connectivity index (χ4v) is 4.32. The van der Waals surface area contributed by atoms with Crippen LogP contribution in [0.25, 0.3) is 0 Å². The lowest BCUT2D eigenvalue weighted by Gasteiger charge is -2.08. The molecule has 0 atom stereocenters. The zero-order valence-corrected chi connectivity index (χ0v) is 19.0. The Morgan fingerprint density at radius 3 is 2.43 bits per heavy atom. The Balaban J connectivity index is 1.57. The second-order valence-corrected chi connectivity index (χ2v) is 8.88. The number of aryl methyl sites for hydroxylation is 3. The van der Waals surface area contributed by atoms with Gasteiger partial charge in [-0.1, -0.05) is 29.5 Å². The first-order valence-corrected chi connectivity index (χ1v) is 11.3. The molecule has 2 amide bonds. The highest BCUT2D eigenvalue weighted by atomic mass is 32.2. The van der Waals surface area contributed by atoms with E-state index in [0.29, 0.717) is 22.7 Å². The third-order valence-corrected chi connectivity index (χ3v) is 6.33. The van der Waals surface area contributed by atoms with E-state index < -0.39 is 0 Å². The lowest BCUT2D eigenvalue weighted by molar-refractivity contribution is -0.116. The largest absolute Gasteiger partial charge is 0.326 e. The standard InChI is InChI=1S/C20H24N6O2S2/c1-5-26-16(10-17(27)22-15-8-6-12(2)7-9-15)24-25-20(26)29-11-18(28)23-19-21-13(3)14(4)30-19/h6-9H,5,10-11H2,1-4H3,(H,22,27)(H,21,23,28). The topological polar surface area (TPSA) is 102 Å². The molecule has 0 aliphatic heterocycles. The summed E-state index contributed by atoms with van der Waals surface area (Å²) in [5.41, 5.74) is 2.79. The number of nitrogens with zero attached hydrogens (tertiary/aromatic N) is 4. The van der Waals surface area contributed by atoms with Gasteiger partial charge in [-0.05, 0) is 39.8 Å². The summed E-state index contributed by atoms with van der Waals surface area (Å²) in [5, 5.41) is 15.2. The van der Waals surface area contributed by atoms with Gasteiger partial charge in [-0.3, -0.25) is 9.59 Å². The van der Waals surface area contributed by atoms with Gasteiger partial charge in [-0.15, -0.1) is 21.5 Å². The number of hydrogen-bond acceptors (Lipinski definition) is 7. The Morgan fingerprint density at radius 2 is 1.80 bits per heavy atom. The molecule has 2 N–H and O–H groups in total. The van der Waals surface area contributed by atoms with E-state index in [4.69, 9.17) is 0 Å². The maximum atomic E-state index is 12.4. The Kier molecular flexibility index (Phi) is 7.22. The van der Waals surface area contributed by atoms with Crippen molar-refractivity contribution in [2.75, 3.05) is 16.4 Å². The average molecular weight is 445 g/mol. The fourth-order valence-electron chi connectivity index (χ4n) is 2.67. The zero-order valence-electron chi connectivity index (χ0n) is 17.4. The van der Waals surface area contributed by atoms with Crippen LogP contribution in [0, 0.1) is 20.8 Å². The van der Waals surface area contributed by atoms with Gasteiger partial charge in [0.15, 0.2) is 10.3 Å². The van der Waals surface area contributed by atoms with Gasteiger partial charge in [0, 0.05) is 17.1 Å². The van der Waals surface area contributed by atoms with E-state index in [1.165, 1.54) is 23.1 Å². The minimum absolute atomic E-state index is 0.110. The van der Waals surface area contributed by atoms with Gasteiger partial charge < -0.3 is 15.2 Å². The first-order valence-electron chi connectivity index (χ1n) is 9.51. The third kappa shape index (κ3) is 5.67. The van der Waals surface area contributed by atoms with Crippen molar-refractivity contribution >= 4 is 45.7 Å². The summed E-state index contributed by atoms with van der Waals surface area (Å²) in [4.78, 5) is 30.0. The third-order valence-electron chi connectivity index (χ3n) is 4.37. The molecule has 8 nitrogen and oxygen atoms in total. The number of nitrogens with one attached hydrogen (secondary N) is 2. The number of carbonyl (C=O) groups excluding carboxylic acids is 2. The number of amides is 2. The van der Waals surface area contributed by atoms with Crippen LogP contribution in [0.2, 0.25) is 0 Å². The number of rotatable bonds is 8. The van der Waals surface area contributed by atoms with Crippen molar-refractivity contribution in [1.29, 1.82) is 0 Å². The molecular formula is C20H24N6O2S2. The van der Waals surface area contributed by atoms with Crippen molar-refractivity contribution < 1.29 is 9.59 Å². The average Bonchev–Trinajstić information content (AvgIpc) is 3.23. The Hall–Kier alpha value is -2.72. The van der Waals surface area contributed by atoms with Crippen LogP contribution in [0.15, 0.2) is 29.4 Å². The molecule has 158 valence electrons. The lowest BCUT2D eigenvalue weighted by Crippen LogP contribution is -2.18. The number of benzene rings is 1. The van der Waals surface area contributed by atoms with E-state index in [1.807, 2.05) is 56.5 Å². The molecule has 3 aromatic rings. The molecule has 3 rings (SSSR count). The van der Waals surface area contributed by atoms with Crippen molar-refractivity contribution in [3.8, 4) is 0 Å². The van der Waals surface area contributed by atoms with Gasteiger partial charge in [-0.2, -0.15) is 0 Å². The molecule has 0 saturated heterocycles. The summed E-state index contributed by atoms with van der Waals surface area (Å²) in [6.07, 6.45) is 0.110. The zero-order chi connectivity index (χ0) is 21.7. The molecule has 0 fully saturated rings. The molecule has 0 radical (unpaired) electrons. The molecular weight excluding hydrogens is 420 g/mol. The highest BCUT2D eigenvalue weighted by Crippen LogP contribution is 2.22. The number of hydrogen-bond donors (Lipinski definition) is 2. The quantitative estimate of drug-likeness (QED) is 0.515. The number of thioether (sulfide) groups is 1. The summed E-state index contributed by atoms with van der Waals surface area (Å²) < 4.78 is 1.85. The van der Waals surface area contributed by atoms with Crippen molar-refractivity contribution in [2.24, 2.45) is 0 Å². The first-order chi connectivity index (χ1) is 14.4. The van der Waals surface area contributed by atoms with Gasteiger partial charge in [0.05, 0.1) is 17.9 Å². The lowest BCUT2D eigenvalue weighted by atomic mass is 10.2. The van der Waals surface area contributed by atoms with E-state index in [0.717, 1.165) is 21.8 Å². The summed E-state index contributed by atoms with van der Waals surface area (Å²) in [6.45, 7) is 8.44. The summed E-state index contributed by atoms with van der Waals surface area (Å²) in [5.74, 6) is 0.435. The molecule has 2 aromatic heterocycles. The van der Waals surface area contributed by atoms with Crippen LogP contribution in [0.3, 0.4) is 0 Å². The SMILES string of the molecule is CCn1c(CC(=O)Nc2ccc(C)cc2)nnc1SCC(=O)Nc1nc(C)c(C)s1. The molecule has 0 unspecified atom stereocenters. The van der Waals surface area contributed by atoms with Gasteiger partial charge >= 0.3 is 0 Å². The predicted molar refractivity (Wildman–Crippen MR) is 120 cm³/mol. The first kappa shape index (κ1) is 22.0. The van der Waals surface area contributed by atoms with E-state index in [-0.39, 0.29) is 24.0 Å². The number of thiazole rings is 1. The Bertz CT molecular complexity index is 1020. The van der Waals surface area contributed by atoms with E-state index in [1.54, 1.807) is 0 Å². The Morgan fingerprint density at radius 1 is 1.07 bits per heavy atom. The Labute approximate surface area is 183 Å². The number of anilines is 2. The van der Waals surface area contributed by atoms with Crippen molar-refractivity contribution in [1.82, 2.24) is 19.7 Å². The van der Waals surface area contributed by atoms with Gasteiger partial charge in [0.1, 0.15) is 5.82 Å². The van der Waals surface area contributed by atoms with Gasteiger partial charge in [-0.25, -0.2) is 4.98 Å². The summed E-state index contributed by atoms with van der Waals surface area (Å²) in [6, 6.07) is 7.61. The highest BCUT2D eigenvalue weighted by molar-refractivity contribution is 7.99. The monoisotopic (exact) mass is 444 g/mol. The molecule has 10 heteroatoms. The molecule has 30 heavy (non-hydrogen) atoms. The second kappa shape index (κ2) is 9.86. The van der Waals surface area contributed by atoms with Crippen molar-refractivity contribution in [3.05, 3.63) is 46.2 Å². The van der Waals surface area contributed by atoms with Gasteiger partial charge in [0.2, 0.25) is 11.8 Å². The molecule has 2 heterocycles. The maximum Gasteiger partial charge on any atom is 0.236 e. The highest BCUT2D eigenvalue weighted by Gasteiger charge is 2.16. The van der Waals surface area contributed by atoms with Crippen LogP contribution < -0.4 is 10.6 Å². The van der Waals surface area contributed by atoms with Crippen molar-refractivity contribution in [3.63, 3.8) is 0 Å². The summed E-state index contributed by atoms with van der Waals surface area (Å²) >= 11 is 2.74. The minimum atomic E-state index is -0.162. The minimum Gasteiger partial charge on any atom is -0.326 e. The molecule has 1 aromatic carbocycles. The normalized spacial score (nSPS) is 10.8. The molecule has 0 aliphatic rings. The van der Waals surface area contributed by atoms with E-state index in [2.05, 4.69) is 25.8 Å². The molecule has 0 saturated carbocycles. The second-order valence-electron chi connectivity index (χ2n) is 6.73. The molecule has 0 spiro atoms. The molecule has 0 aliphatic carbocycles. The molecule has 0 bridgehead atoms. The van der Waals surface area contributed by atoms with Crippen LogP contribution in [0.1, 0.15) is 28.9 Å². The van der Waals surface area contributed by atoms with Crippen LogP contribution in [-0.2, 0) is 22.6 Å². The van der Waals surface area contributed by atoms with Crippen LogP contribution in [0.4, 0.5) is 10.8 Å². The summed E-state index contributed by atoms with van der Waals surface area (Å²) in [7, 11) is 0. The van der Waals surface area contributed by atoms with E-state index in [9.17, 15) is 9.59 Å². The maximum absolute atomic E-state index is 12.4. The fraction of sp³-hybridized carbons (Fsp3) is 0.350.